The summed E-state index contributed by atoms with van der Waals surface area (Å²) in [7, 11) is -1.15. The zero-order valence-electron chi connectivity index (χ0n) is 13.6. The smallest absolute Gasteiger partial charge is 0.255 e. The minimum Gasteiger partial charge on any atom is -0.356 e. The van der Waals surface area contributed by atoms with E-state index in [2.05, 4.69) is 10.3 Å². The predicted molar refractivity (Wildman–Crippen MR) is 94.1 cm³/mol. The van der Waals surface area contributed by atoms with Crippen molar-refractivity contribution in [3.63, 3.8) is 0 Å². The highest BCUT2D eigenvalue weighted by atomic mass is 32.2. The topological polar surface area (TPSA) is 79.4 Å². The Kier molecular flexibility index (Phi) is 4.71. The van der Waals surface area contributed by atoms with Crippen LogP contribution in [-0.4, -0.2) is 43.9 Å². The number of rotatable bonds is 4. The molecule has 0 spiro atoms. The lowest BCUT2D eigenvalue weighted by Gasteiger charge is -2.24. The normalized spacial score (nSPS) is 18.7. The molecular formula is C17H18FN3O3S. The third-order valence-electron chi connectivity index (χ3n) is 4.23. The second-order valence-corrected chi connectivity index (χ2v) is 8.26. The monoisotopic (exact) mass is 363 g/mol. The second kappa shape index (κ2) is 6.79. The van der Waals surface area contributed by atoms with Crippen LogP contribution in [0.2, 0.25) is 0 Å². The van der Waals surface area contributed by atoms with Crippen molar-refractivity contribution in [2.75, 3.05) is 28.8 Å². The molecular weight excluding hydrogens is 345 g/mol. The molecule has 1 aliphatic rings. The number of carbonyl (C=O) groups excluding carboxylic acids is 1. The molecule has 2 aromatic rings. The third kappa shape index (κ3) is 4.14. The van der Waals surface area contributed by atoms with Gasteiger partial charge in [0.15, 0.2) is 9.84 Å². The molecule has 1 unspecified atom stereocenters. The van der Waals surface area contributed by atoms with E-state index in [4.69, 9.17) is 0 Å². The maximum atomic E-state index is 12.9. The van der Waals surface area contributed by atoms with Gasteiger partial charge in [-0.2, -0.15) is 0 Å². The lowest BCUT2D eigenvalue weighted by atomic mass is 10.2. The lowest BCUT2D eigenvalue weighted by molar-refractivity contribution is 0.102. The highest BCUT2D eigenvalue weighted by Gasteiger charge is 2.31. The summed E-state index contributed by atoms with van der Waals surface area (Å²) in [4.78, 5) is 18.2. The number of sulfone groups is 1. The van der Waals surface area contributed by atoms with Crippen molar-refractivity contribution >= 4 is 27.2 Å². The molecule has 25 heavy (non-hydrogen) atoms. The number of amides is 1. The first-order valence-electron chi connectivity index (χ1n) is 7.80. The highest BCUT2D eigenvalue weighted by molar-refractivity contribution is 7.91. The summed E-state index contributed by atoms with van der Waals surface area (Å²) in [6.45, 7) is 0. The van der Waals surface area contributed by atoms with Crippen LogP contribution in [0.15, 0.2) is 42.6 Å². The molecule has 0 radical (unpaired) electrons. The van der Waals surface area contributed by atoms with E-state index in [-0.39, 0.29) is 23.5 Å². The van der Waals surface area contributed by atoms with Gasteiger partial charge in [-0.3, -0.25) is 4.79 Å². The molecule has 1 saturated heterocycles. The van der Waals surface area contributed by atoms with Crippen LogP contribution in [0, 0.1) is 5.82 Å². The van der Waals surface area contributed by atoms with Gasteiger partial charge in [-0.15, -0.1) is 0 Å². The van der Waals surface area contributed by atoms with E-state index in [9.17, 15) is 17.6 Å². The van der Waals surface area contributed by atoms with E-state index in [0.717, 1.165) is 0 Å². The Labute approximate surface area is 145 Å². The maximum Gasteiger partial charge on any atom is 0.255 e. The molecule has 0 saturated carbocycles. The van der Waals surface area contributed by atoms with Crippen molar-refractivity contribution in [1.82, 2.24) is 4.98 Å². The van der Waals surface area contributed by atoms with Gasteiger partial charge in [0.05, 0.1) is 23.4 Å². The van der Waals surface area contributed by atoms with Gasteiger partial charge in [0.25, 0.3) is 5.91 Å². The predicted octanol–water partition coefficient (Wildman–Crippen LogP) is 2.10. The highest BCUT2D eigenvalue weighted by Crippen LogP contribution is 2.22. The van der Waals surface area contributed by atoms with Crippen molar-refractivity contribution < 1.29 is 17.6 Å². The number of aromatic nitrogens is 1. The van der Waals surface area contributed by atoms with Gasteiger partial charge < -0.3 is 10.2 Å². The number of nitrogens with zero attached hydrogens (tertiary/aromatic N) is 2. The first kappa shape index (κ1) is 17.3. The standard InChI is InChI=1S/C17H18FN3O3S/c1-21(15-8-9-25(23,24)11-15)16-7-6-14(10-19-16)20-17(22)12-2-4-13(18)5-3-12/h2-7,10,15H,8-9,11H2,1H3,(H,20,22). The number of anilines is 2. The molecule has 2 heterocycles. The van der Waals surface area contributed by atoms with Crippen LogP contribution in [0.3, 0.4) is 0 Å². The Hall–Kier alpha value is -2.48. The quantitative estimate of drug-likeness (QED) is 0.900. The molecule has 8 heteroatoms. The number of pyridine rings is 1. The van der Waals surface area contributed by atoms with Crippen molar-refractivity contribution in [2.45, 2.75) is 12.5 Å². The number of hydrogen-bond donors (Lipinski definition) is 1. The van der Waals surface area contributed by atoms with Crippen LogP contribution in [-0.2, 0) is 9.84 Å². The van der Waals surface area contributed by atoms with Crippen molar-refractivity contribution in [3.05, 3.63) is 54.0 Å². The number of benzene rings is 1. The summed E-state index contributed by atoms with van der Waals surface area (Å²) in [5, 5.41) is 2.69. The van der Waals surface area contributed by atoms with Gasteiger partial charge >= 0.3 is 0 Å². The molecule has 132 valence electrons. The fraction of sp³-hybridized carbons (Fsp3) is 0.294. The minimum atomic E-state index is -2.96. The van der Waals surface area contributed by atoms with Gasteiger partial charge in [0, 0.05) is 18.7 Å². The fourth-order valence-electron chi connectivity index (χ4n) is 2.74. The van der Waals surface area contributed by atoms with E-state index in [0.29, 0.717) is 23.5 Å². The Morgan fingerprint density at radius 2 is 1.96 bits per heavy atom. The Balaban J connectivity index is 1.66. The molecule has 3 rings (SSSR count). The summed E-state index contributed by atoms with van der Waals surface area (Å²) in [6.07, 6.45) is 2.10. The van der Waals surface area contributed by atoms with E-state index in [1.54, 1.807) is 12.1 Å². The van der Waals surface area contributed by atoms with Crippen molar-refractivity contribution in [2.24, 2.45) is 0 Å². The molecule has 0 aliphatic carbocycles. The van der Waals surface area contributed by atoms with Gasteiger partial charge in [0.2, 0.25) is 0 Å². The van der Waals surface area contributed by atoms with Crippen LogP contribution in [0.5, 0.6) is 0 Å². The molecule has 1 amide bonds. The molecule has 1 aromatic carbocycles. The number of halogens is 1. The average Bonchev–Trinajstić information content (AvgIpc) is 2.95. The zero-order valence-corrected chi connectivity index (χ0v) is 14.5. The van der Waals surface area contributed by atoms with Crippen LogP contribution >= 0.6 is 0 Å². The lowest BCUT2D eigenvalue weighted by Crippen LogP contribution is -2.33. The summed E-state index contributed by atoms with van der Waals surface area (Å²) >= 11 is 0. The van der Waals surface area contributed by atoms with Crippen LogP contribution in [0.4, 0.5) is 15.9 Å². The van der Waals surface area contributed by atoms with Gasteiger partial charge in [0.1, 0.15) is 11.6 Å². The number of nitrogens with one attached hydrogen (secondary N) is 1. The second-order valence-electron chi connectivity index (χ2n) is 6.03. The first-order chi connectivity index (χ1) is 11.8. The molecule has 1 aliphatic heterocycles. The van der Waals surface area contributed by atoms with E-state index >= 15 is 0 Å². The fourth-order valence-corrected chi connectivity index (χ4v) is 4.52. The van der Waals surface area contributed by atoms with E-state index < -0.39 is 15.7 Å². The Bertz CT molecular complexity index is 867. The molecule has 0 bridgehead atoms. The van der Waals surface area contributed by atoms with Gasteiger partial charge in [-0.25, -0.2) is 17.8 Å². The largest absolute Gasteiger partial charge is 0.356 e. The van der Waals surface area contributed by atoms with Crippen molar-refractivity contribution in [3.8, 4) is 0 Å². The maximum absolute atomic E-state index is 12.9. The van der Waals surface area contributed by atoms with Crippen LogP contribution in [0.1, 0.15) is 16.8 Å². The summed E-state index contributed by atoms with van der Waals surface area (Å²) in [5.41, 5.74) is 0.851. The Morgan fingerprint density at radius 1 is 1.24 bits per heavy atom. The Morgan fingerprint density at radius 3 is 2.52 bits per heavy atom. The molecule has 1 N–H and O–H groups in total. The number of carbonyl (C=O) groups is 1. The number of hydrogen-bond acceptors (Lipinski definition) is 5. The zero-order chi connectivity index (χ0) is 18.0. The third-order valence-corrected chi connectivity index (χ3v) is 5.98. The van der Waals surface area contributed by atoms with Crippen LogP contribution in [0.25, 0.3) is 0 Å². The summed E-state index contributed by atoms with van der Waals surface area (Å²) in [6, 6.07) is 8.59. The van der Waals surface area contributed by atoms with E-state index in [1.165, 1.54) is 30.5 Å². The molecule has 1 atom stereocenters. The van der Waals surface area contributed by atoms with Crippen LogP contribution < -0.4 is 10.2 Å². The average molecular weight is 363 g/mol. The van der Waals surface area contributed by atoms with Crippen molar-refractivity contribution in [1.29, 1.82) is 0 Å². The first-order valence-corrected chi connectivity index (χ1v) is 9.62. The van der Waals surface area contributed by atoms with E-state index in [1.807, 2.05) is 11.9 Å². The van der Waals surface area contributed by atoms with Gasteiger partial charge in [-0.05, 0) is 42.8 Å². The minimum absolute atomic E-state index is 0.0860. The SMILES string of the molecule is CN(c1ccc(NC(=O)c2ccc(F)cc2)cn1)C1CCS(=O)(=O)C1. The molecule has 1 fully saturated rings. The molecule has 6 nitrogen and oxygen atoms in total. The van der Waals surface area contributed by atoms with Gasteiger partial charge in [-0.1, -0.05) is 0 Å². The summed E-state index contributed by atoms with van der Waals surface area (Å²) in [5.74, 6) is 0.216. The summed E-state index contributed by atoms with van der Waals surface area (Å²) < 4.78 is 36.1. The molecule has 1 aromatic heterocycles.